The number of carbonyl (C=O) groups is 1. The maximum absolute atomic E-state index is 14.4. The highest BCUT2D eigenvalue weighted by atomic mass is 19.1. The van der Waals surface area contributed by atoms with Crippen molar-refractivity contribution in [3.8, 4) is 11.1 Å². The average Bonchev–Trinajstić information content (AvgIpc) is 3.25. The first-order chi connectivity index (χ1) is 19.3. The minimum Gasteiger partial charge on any atom is -0.394 e. The molecule has 0 spiro atoms. The molecule has 5 rings (SSSR count). The number of benzene rings is 3. The van der Waals surface area contributed by atoms with Gasteiger partial charge in [-0.05, 0) is 48.9 Å². The van der Waals surface area contributed by atoms with Crippen LogP contribution < -0.4 is 0 Å². The second kappa shape index (κ2) is 11.9. The number of para-hydroxylation sites is 1. The van der Waals surface area contributed by atoms with Crippen LogP contribution in [0.3, 0.4) is 0 Å². The summed E-state index contributed by atoms with van der Waals surface area (Å²) in [6, 6.07) is 22.4. The molecule has 3 aromatic carbocycles. The molecule has 0 saturated heterocycles. The van der Waals surface area contributed by atoms with Gasteiger partial charge in [0.05, 0.1) is 25.4 Å². The molecule has 0 saturated carbocycles. The zero-order chi connectivity index (χ0) is 28.4. The van der Waals surface area contributed by atoms with E-state index in [2.05, 4.69) is 30.0 Å². The summed E-state index contributed by atoms with van der Waals surface area (Å²) in [5.74, 6) is -0.365. The van der Waals surface area contributed by atoms with Crippen LogP contribution in [0.15, 0.2) is 72.8 Å². The Morgan fingerprint density at radius 1 is 1.07 bits per heavy atom. The SMILES string of the molecule is C[C@H]1CN([C@@H](C)CO)C(=O)c2c(c3ccccc3n2C)-c2ccccc2CO[C@H]1CN(C)Cc1ccc(F)cc1. The molecule has 1 aliphatic heterocycles. The molecule has 0 radical (unpaired) electrons. The maximum atomic E-state index is 14.4. The molecular weight excluding hydrogens is 505 g/mol. The van der Waals surface area contributed by atoms with Gasteiger partial charge in [-0.25, -0.2) is 4.39 Å². The first kappa shape index (κ1) is 28.0. The van der Waals surface area contributed by atoms with E-state index >= 15 is 0 Å². The highest BCUT2D eigenvalue weighted by Gasteiger charge is 2.33. The van der Waals surface area contributed by atoms with Crippen molar-refractivity contribution in [3.63, 3.8) is 0 Å². The lowest BCUT2D eigenvalue weighted by atomic mass is 9.96. The van der Waals surface area contributed by atoms with Crippen LogP contribution >= 0.6 is 0 Å². The fourth-order valence-electron chi connectivity index (χ4n) is 5.80. The van der Waals surface area contributed by atoms with Gasteiger partial charge in [0.1, 0.15) is 11.5 Å². The Morgan fingerprint density at radius 2 is 1.77 bits per heavy atom. The first-order valence-electron chi connectivity index (χ1n) is 13.9. The Hall–Kier alpha value is -3.52. The Balaban J connectivity index is 1.56. The lowest BCUT2D eigenvalue weighted by Crippen LogP contribution is -2.47. The third kappa shape index (κ3) is 5.55. The van der Waals surface area contributed by atoms with Crippen LogP contribution in [-0.4, -0.2) is 64.3 Å². The number of aryl methyl sites for hydroxylation is 1. The summed E-state index contributed by atoms with van der Waals surface area (Å²) in [4.78, 5) is 18.4. The van der Waals surface area contributed by atoms with Crippen molar-refractivity contribution in [2.45, 2.75) is 39.1 Å². The number of likely N-dealkylation sites (N-methyl/N-ethyl adjacent to an activating group) is 1. The van der Waals surface area contributed by atoms with Gasteiger partial charge >= 0.3 is 0 Å². The van der Waals surface area contributed by atoms with Crippen LogP contribution in [0.1, 0.15) is 35.5 Å². The van der Waals surface area contributed by atoms with Crippen molar-refractivity contribution in [3.05, 3.63) is 95.4 Å². The molecule has 0 unspecified atom stereocenters. The number of aliphatic hydroxyl groups excluding tert-OH is 1. The van der Waals surface area contributed by atoms with E-state index in [9.17, 15) is 14.3 Å². The Labute approximate surface area is 235 Å². The molecule has 0 aliphatic carbocycles. The fraction of sp³-hybridized carbons (Fsp3) is 0.364. The number of hydrogen-bond donors (Lipinski definition) is 1. The molecule has 40 heavy (non-hydrogen) atoms. The number of aliphatic hydroxyl groups is 1. The lowest BCUT2D eigenvalue weighted by molar-refractivity contribution is -0.0242. The van der Waals surface area contributed by atoms with E-state index < -0.39 is 0 Å². The van der Waals surface area contributed by atoms with Gasteiger partial charge in [0, 0.05) is 49.1 Å². The largest absolute Gasteiger partial charge is 0.394 e. The number of aromatic nitrogens is 1. The summed E-state index contributed by atoms with van der Waals surface area (Å²) in [6.07, 6.45) is -0.183. The normalized spacial score (nSPS) is 18.9. The van der Waals surface area contributed by atoms with Gasteiger partial charge in [-0.2, -0.15) is 0 Å². The molecule has 6 nitrogen and oxygen atoms in total. The highest BCUT2D eigenvalue weighted by molar-refractivity contribution is 6.10. The van der Waals surface area contributed by atoms with Crippen molar-refractivity contribution in [1.29, 1.82) is 0 Å². The average molecular weight is 544 g/mol. The summed E-state index contributed by atoms with van der Waals surface area (Å²) >= 11 is 0. The number of hydrogen-bond acceptors (Lipinski definition) is 4. The van der Waals surface area contributed by atoms with Crippen molar-refractivity contribution < 1.29 is 19.0 Å². The van der Waals surface area contributed by atoms with Crippen LogP contribution in [0.4, 0.5) is 4.39 Å². The lowest BCUT2D eigenvalue weighted by Gasteiger charge is -2.35. The molecule has 4 aromatic rings. The minimum atomic E-state index is -0.366. The van der Waals surface area contributed by atoms with Crippen molar-refractivity contribution in [2.24, 2.45) is 13.0 Å². The van der Waals surface area contributed by atoms with Crippen LogP contribution in [0.5, 0.6) is 0 Å². The number of rotatable bonds is 6. The second-order valence-corrected chi connectivity index (χ2v) is 11.1. The minimum absolute atomic E-state index is 0.0167. The molecule has 7 heteroatoms. The number of amides is 1. The molecule has 3 atom stereocenters. The fourth-order valence-corrected chi connectivity index (χ4v) is 5.80. The van der Waals surface area contributed by atoms with E-state index in [4.69, 9.17) is 4.74 Å². The van der Waals surface area contributed by atoms with Crippen molar-refractivity contribution in [2.75, 3.05) is 26.7 Å². The van der Waals surface area contributed by atoms with E-state index in [1.165, 1.54) is 12.1 Å². The molecule has 2 heterocycles. The topological polar surface area (TPSA) is 57.9 Å². The second-order valence-electron chi connectivity index (χ2n) is 11.1. The summed E-state index contributed by atoms with van der Waals surface area (Å²) < 4.78 is 22.1. The van der Waals surface area contributed by atoms with E-state index in [1.54, 1.807) is 17.0 Å². The smallest absolute Gasteiger partial charge is 0.271 e. The molecule has 0 fully saturated rings. The summed E-state index contributed by atoms with van der Waals surface area (Å²) in [5, 5.41) is 11.2. The van der Waals surface area contributed by atoms with E-state index in [0.717, 1.165) is 33.2 Å². The molecule has 1 aromatic heterocycles. The van der Waals surface area contributed by atoms with Crippen LogP contribution in [0, 0.1) is 11.7 Å². The summed E-state index contributed by atoms with van der Waals surface area (Å²) in [5.41, 5.74) is 5.53. The number of ether oxygens (including phenoxy) is 1. The molecule has 1 aliphatic rings. The Kier molecular flexibility index (Phi) is 8.35. The molecule has 0 bridgehead atoms. The van der Waals surface area contributed by atoms with Gasteiger partial charge in [0.15, 0.2) is 0 Å². The third-order valence-corrected chi connectivity index (χ3v) is 8.08. The molecular formula is C33H38FN3O3. The van der Waals surface area contributed by atoms with E-state index in [-0.39, 0.29) is 36.4 Å². The number of carbonyl (C=O) groups excluding carboxylic acids is 1. The molecule has 1 N–H and O–H groups in total. The number of fused-ring (bicyclic) bond motifs is 5. The molecule has 1 amide bonds. The van der Waals surface area contributed by atoms with Gasteiger partial charge in [-0.15, -0.1) is 0 Å². The van der Waals surface area contributed by atoms with Gasteiger partial charge < -0.3 is 19.3 Å². The predicted molar refractivity (Wildman–Crippen MR) is 156 cm³/mol. The van der Waals surface area contributed by atoms with Crippen molar-refractivity contribution >= 4 is 16.8 Å². The van der Waals surface area contributed by atoms with Crippen LogP contribution in [0.25, 0.3) is 22.0 Å². The van der Waals surface area contributed by atoms with E-state index in [0.29, 0.717) is 31.9 Å². The van der Waals surface area contributed by atoms with Gasteiger partial charge in [-0.1, -0.05) is 61.5 Å². The first-order valence-corrected chi connectivity index (χ1v) is 13.9. The Morgan fingerprint density at radius 3 is 2.52 bits per heavy atom. The van der Waals surface area contributed by atoms with Gasteiger partial charge in [0.2, 0.25) is 0 Å². The predicted octanol–water partition coefficient (Wildman–Crippen LogP) is 5.47. The summed E-state index contributed by atoms with van der Waals surface area (Å²) in [7, 11) is 3.97. The zero-order valence-electron chi connectivity index (χ0n) is 23.7. The monoisotopic (exact) mass is 543 g/mol. The van der Waals surface area contributed by atoms with Gasteiger partial charge in [-0.3, -0.25) is 9.69 Å². The van der Waals surface area contributed by atoms with Crippen molar-refractivity contribution in [1.82, 2.24) is 14.4 Å². The Bertz CT molecular complexity index is 1480. The standard InChI is InChI=1S/C33H38FN3O3/c1-22-17-37(23(2)20-38)33(39)32-31(28-11-7-8-12-29(28)36(32)4)27-10-6-5-9-25(27)21-40-30(22)19-35(3)18-24-13-15-26(34)16-14-24/h5-16,22-23,30,38H,17-21H2,1-4H3/t22-,23-,30-/m0/s1. The third-order valence-electron chi connectivity index (χ3n) is 8.08. The van der Waals surface area contributed by atoms with Crippen LogP contribution in [-0.2, 0) is 24.9 Å². The highest BCUT2D eigenvalue weighted by Crippen LogP contribution is 2.38. The zero-order valence-corrected chi connectivity index (χ0v) is 23.7. The quantitative estimate of drug-likeness (QED) is 0.350. The van der Waals surface area contributed by atoms with Crippen LogP contribution in [0.2, 0.25) is 0 Å². The molecule has 210 valence electrons. The maximum Gasteiger partial charge on any atom is 0.271 e. The summed E-state index contributed by atoms with van der Waals surface area (Å²) in [6.45, 7) is 5.98. The number of nitrogens with zero attached hydrogens (tertiary/aromatic N) is 3. The number of halogens is 1. The van der Waals surface area contributed by atoms with Gasteiger partial charge in [0.25, 0.3) is 5.91 Å². The van der Waals surface area contributed by atoms with E-state index in [1.807, 2.05) is 55.9 Å².